The maximum Gasteiger partial charge on any atom is 0.328 e. The largest absolute Gasteiger partial charge is 0.328 e. The van der Waals surface area contributed by atoms with E-state index in [0.29, 0.717) is 6.54 Å². The van der Waals surface area contributed by atoms with E-state index in [1.807, 2.05) is 0 Å². The zero-order valence-electron chi connectivity index (χ0n) is 7.75. The highest BCUT2D eigenvalue weighted by Gasteiger charge is 1.97. The number of unbranched alkanes of at least 4 members (excludes halogenated alkanes) is 2. The van der Waals surface area contributed by atoms with Gasteiger partial charge in [0.15, 0.2) is 0 Å². The first-order valence-electron chi connectivity index (χ1n) is 4.54. The van der Waals surface area contributed by atoms with Gasteiger partial charge < -0.3 is 4.98 Å². The topological polar surface area (TPSA) is 54.9 Å². The van der Waals surface area contributed by atoms with Gasteiger partial charge in [0.25, 0.3) is 5.56 Å². The van der Waals surface area contributed by atoms with Crippen LogP contribution in [-0.2, 0) is 6.54 Å². The molecule has 0 spiro atoms. The Morgan fingerprint density at radius 1 is 1.38 bits per heavy atom. The van der Waals surface area contributed by atoms with Crippen LogP contribution in [0.4, 0.5) is 0 Å². The minimum Gasteiger partial charge on any atom is -0.314 e. The first-order chi connectivity index (χ1) is 6.25. The van der Waals surface area contributed by atoms with Crippen molar-refractivity contribution in [3.05, 3.63) is 33.1 Å². The summed E-state index contributed by atoms with van der Waals surface area (Å²) in [5.41, 5.74) is -0.538. The summed E-state index contributed by atoms with van der Waals surface area (Å²) in [7, 11) is 0. The van der Waals surface area contributed by atoms with E-state index in [9.17, 15) is 9.59 Å². The molecule has 0 atom stereocenters. The lowest BCUT2D eigenvalue weighted by Gasteiger charge is -2.01. The molecule has 0 fully saturated rings. The van der Waals surface area contributed by atoms with Crippen LogP contribution in [0.5, 0.6) is 0 Å². The lowest BCUT2D eigenvalue weighted by atomic mass is 10.2. The molecule has 4 nitrogen and oxygen atoms in total. The Balaban J connectivity index is 2.76. The highest BCUT2D eigenvalue weighted by molar-refractivity contribution is 4.82. The third-order valence-corrected chi connectivity index (χ3v) is 1.93. The molecule has 4 heteroatoms. The maximum atomic E-state index is 11.2. The summed E-state index contributed by atoms with van der Waals surface area (Å²) in [5, 5.41) is 0. The highest BCUT2D eigenvalue weighted by atomic mass is 16.2. The molecule has 1 rings (SSSR count). The summed E-state index contributed by atoms with van der Waals surface area (Å²) in [6.07, 6.45) is 4.38. The fraction of sp³-hybridized carbons (Fsp3) is 0.556. The number of rotatable bonds is 4. The molecular weight excluding hydrogens is 168 g/mol. The van der Waals surface area contributed by atoms with Crippen LogP contribution in [0.25, 0.3) is 0 Å². The molecule has 0 amide bonds. The van der Waals surface area contributed by atoms with Crippen LogP contribution in [-0.4, -0.2) is 9.55 Å². The molecule has 1 heterocycles. The van der Waals surface area contributed by atoms with Crippen LogP contribution < -0.4 is 11.2 Å². The SMILES string of the molecule is CCCCCn1c(=O)cc[nH]c1=O. The van der Waals surface area contributed by atoms with Gasteiger partial charge >= 0.3 is 5.69 Å². The van der Waals surface area contributed by atoms with E-state index in [1.54, 1.807) is 0 Å². The van der Waals surface area contributed by atoms with E-state index in [-0.39, 0.29) is 11.2 Å². The average Bonchev–Trinajstić information content (AvgIpc) is 2.10. The molecule has 0 radical (unpaired) electrons. The van der Waals surface area contributed by atoms with E-state index < -0.39 is 0 Å². The third-order valence-electron chi connectivity index (χ3n) is 1.93. The maximum absolute atomic E-state index is 11.2. The van der Waals surface area contributed by atoms with Gasteiger partial charge in [0.1, 0.15) is 0 Å². The van der Waals surface area contributed by atoms with Crippen LogP contribution in [0.2, 0.25) is 0 Å². The summed E-state index contributed by atoms with van der Waals surface area (Å²) in [5.74, 6) is 0. The molecule has 1 N–H and O–H groups in total. The van der Waals surface area contributed by atoms with Gasteiger partial charge in [0, 0.05) is 18.8 Å². The Morgan fingerprint density at radius 2 is 2.15 bits per heavy atom. The van der Waals surface area contributed by atoms with Gasteiger partial charge in [-0.05, 0) is 6.42 Å². The molecule has 0 saturated heterocycles. The molecule has 72 valence electrons. The lowest BCUT2D eigenvalue weighted by molar-refractivity contribution is 0.563. The number of hydrogen-bond donors (Lipinski definition) is 1. The van der Waals surface area contributed by atoms with Gasteiger partial charge in [0.05, 0.1) is 0 Å². The van der Waals surface area contributed by atoms with Crippen molar-refractivity contribution in [1.29, 1.82) is 0 Å². The summed E-state index contributed by atoms with van der Waals surface area (Å²) in [6, 6.07) is 1.37. The Bertz CT molecular complexity index is 336. The molecule has 1 aromatic heterocycles. The first-order valence-corrected chi connectivity index (χ1v) is 4.54. The molecule has 0 unspecified atom stereocenters. The molecule has 0 aliphatic carbocycles. The van der Waals surface area contributed by atoms with Crippen molar-refractivity contribution in [3.63, 3.8) is 0 Å². The van der Waals surface area contributed by atoms with E-state index in [2.05, 4.69) is 11.9 Å². The number of aromatic amines is 1. The van der Waals surface area contributed by atoms with Crippen LogP contribution in [0, 0.1) is 0 Å². The van der Waals surface area contributed by atoms with Gasteiger partial charge in [-0.25, -0.2) is 4.79 Å². The summed E-state index contributed by atoms with van der Waals surface area (Å²) >= 11 is 0. The third kappa shape index (κ3) is 2.57. The second kappa shape index (κ2) is 4.64. The van der Waals surface area contributed by atoms with Crippen molar-refractivity contribution in [2.45, 2.75) is 32.7 Å². The van der Waals surface area contributed by atoms with E-state index >= 15 is 0 Å². The Hall–Kier alpha value is -1.32. The Kier molecular flexibility index (Phi) is 3.49. The number of hydrogen-bond acceptors (Lipinski definition) is 2. The van der Waals surface area contributed by atoms with Gasteiger partial charge in [0.2, 0.25) is 0 Å². The molecule has 0 saturated carbocycles. The second-order valence-corrected chi connectivity index (χ2v) is 2.98. The minimum absolute atomic E-state index is 0.222. The van der Waals surface area contributed by atoms with E-state index in [1.165, 1.54) is 16.8 Å². The molecule has 13 heavy (non-hydrogen) atoms. The molecule has 0 aliphatic rings. The fourth-order valence-corrected chi connectivity index (χ4v) is 1.18. The Morgan fingerprint density at radius 3 is 2.77 bits per heavy atom. The lowest BCUT2D eigenvalue weighted by Crippen LogP contribution is -2.33. The first kappa shape index (κ1) is 9.77. The van der Waals surface area contributed by atoms with Crippen LogP contribution >= 0.6 is 0 Å². The quantitative estimate of drug-likeness (QED) is 0.698. The summed E-state index contributed by atoms with van der Waals surface area (Å²) in [6.45, 7) is 2.60. The smallest absolute Gasteiger partial charge is 0.314 e. The number of nitrogens with one attached hydrogen (secondary N) is 1. The molecular formula is C9H14N2O2. The fourth-order valence-electron chi connectivity index (χ4n) is 1.18. The predicted octanol–water partition coefficient (Wildman–Crippen LogP) is 0.727. The molecule has 0 aromatic carbocycles. The minimum atomic E-state index is -0.316. The number of H-pyrrole nitrogens is 1. The van der Waals surface area contributed by atoms with Crippen LogP contribution in [0.3, 0.4) is 0 Å². The Labute approximate surface area is 76.2 Å². The molecule has 1 aromatic rings. The van der Waals surface area contributed by atoms with Crippen molar-refractivity contribution >= 4 is 0 Å². The van der Waals surface area contributed by atoms with Crippen LogP contribution in [0.15, 0.2) is 21.9 Å². The number of aromatic nitrogens is 2. The number of nitrogens with zero attached hydrogens (tertiary/aromatic N) is 1. The normalized spacial score (nSPS) is 10.2. The summed E-state index contributed by atoms with van der Waals surface area (Å²) in [4.78, 5) is 24.8. The van der Waals surface area contributed by atoms with Crippen molar-refractivity contribution in [2.75, 3.05) is 0 Å². The standard InChI is InChI=1S/C9H14N2O2/c1-2-3-4-7-11-8(12)5-6-10-9(11)13/h5-6H,2-4,7H2,1H3,(H,10,13). The predicted molar refractivity (Wildman–Crippen MR) is 50.8 cm³/mol. The zero-order chi connectivity index (χ0) is 9.68. The van der Waals surface area contributed by atoms with Crippen molar-refractivity contribution in [2.24, 2.45) is 0 Å². The van der Waals surface area contributed by atoms with Gasteiger partial charge in [-0.3, -0.25) is 9.36 Å². The van der Waals surface area contributed by atoms with Crippen molar-refractivity contribution in [3.8, 4) is 0 Å². The zero-order valence-corrected chi connectivity index (χ0v) is 7.75. The van der Waals surface area contributed by atoms with Crippen molar-refractivity contribution < 1.29 is 0 Å². The van der Waals surface area contributed by atoms with E-state index in [0.717, 1.165) is 19.3 Å². The highest BCUT2D eigenvalue weighted by Crippen LogP contribution is 1.93. The molecule has 0 aliphatic heterocycles. The second-order valence-electron chi connectivity index (χ2n) is 2.98. The monoisotopic (exact) mass is 182 g/mol. The van der Waals surface area contributed by atoms with Gasteiger partial charge in [-0.1, -0.05) is 19.8 Å². The van der Waals surface area contributed by atoms with Gasteiger partial charge in [-0.2, -0.15) is 0 Å². The summed E-state index contributed by atoms with van der Waals surface area (Å²) < 4.78 is 1.23. The van der Waals surface area contributed by atoms with Gasteiger partial charge in [-0.15, -0.1) is 0 Å². The van der Waals surface area contributed by atoms with Crippen molar-refractivity contribution in [1.82, 2.24) is 9.55 Å². The molecule has 0 bridgehead atoms. The van der Waals surface area contributed by atoms with Crippen LogP contribution in [0.1, 0.15) is 26.2 Å². The van der Waals surface area contributed by atoms with E-state index in [4.69, 9.17) is 0 Å². The average molecular weight is 182 g/mol.